The molecule has 2 N–H and O–H groups in total. The summed E-state index contributed by atoms with van der Waals surface area (Å²) in [4.78, 5) is 12.7. The van der Waals surface area contributed by atoms with Crippen LogP contribution in [0.4, 0.5) is 0 Å². The molecule has 2 aromatic heterocycles. The number of fused-ring (bicyclic) bond motifs is 1. The predicted octanol–water partition coefficient (Wildman–Crippen LogP) is 0.227. The minimum Gasteiger partial charge on any atom is -0.388 e. The normalized spacial score (nSPS) is 31.2. The molecular weight excluding hydrogens is 284 g/mol. The molecule has 22 heavy (non-hydrogen) atoms. The Morgan fingerprint density at radius 2 is 2.05 bits per heavy atom. The first kappa shape index (κ1) is 13.6. The fourth-order valence-corrected chi connectivity index (χ4v) is 2.59. The Morgan fingerprint density at radius 1 is 1.23 bits per heavy atom. The predicted molar refractivity (Wildman–Crippen MR) is 76.5 cm³/mol. The van der Waals surface area contributed by atoms with E-state index in [2.05, 4.69) is 26.8 Å². The zero-order valence-electron chi connectivity index (χ0n) is 12.0. The highest BCUT2D eigenvalue weighted by Gasteiger charge is 2.42. The van der Waals surface area contributed by atoms with E-state index in [0.717, 1.165) is 12.8 Å². The Hall–Kier alpha value is -2.01. The maximum Gasteiger partial charge on any atom is 0.166 e. The summed E-state index contributed by atoms with van der Waals surface area (Å²) in [6, 6.07) is 0. The molecule has 4 rings (SSSR count). The molecule has 114 valence electrons. The van der Waals surface area contributed by atoms with Crippen LogP contribution in [-0.2, 0) is 4.74 Å². The lowest BCUT2D eigenvalue weighted by Crippen LogP contribution is -2.30. The number of nitrogens with zero attached hydrogens (tertiary/aromatic N) is 4. The molecule has 7 heteroatoms. The number of hydrogen-bond donors (Lipinski definition) is 2. The second-order valence-corrected chi connectivity index (χ2v) is 5.80. The van der Waals surface area contributed by atoms with E-state index in [4.69, 9.17) is 4.74 Å². The quantitative estimate of drug-likeness (QED) is 0.732. The van der Waals surface area contributed by atoms with Crippen LogP contribution in [0.25, 0.3) is 11.2 Å². The molecular formula is C15H16N4O3. The van der Waals surface area contributed by atoms with Crippen molar-refractivity contribution in [1.82, 2.24) is 19.5 Å². The molecule has 1 saturated carbocycles. The van der Waals surface area contributed by atoms with Crippen LogP contribution in [0.15, 0.2) is 12.7 Å². The van der Waals surface area contributed by atoms with Gasteiger partial charge in [0.1, 0.15) is 29.7 Å². The van der Waals surface area contributed by atoms with Gasteiger partial charge in [-0.05, 0) is 25.7 Å². The molecule has 3 heterocycles. The lowest BCUT2D eigenvalue weighted by atomic mass is 10.1. The standard InChI is InChI=1S/C15H16N4O3/c1-8-12(20)13(21)15(22-8)19-7-18-11-10(5-4-9-2-3-9)16-6-17-14(11)19/h6-9,12-13,15,20-21H,2-3H2,1H3/t8-,12-,13-,15-/m1/s1. The maximum atomic E-state index is 10.1. The second-order valence-electron chi connectivity index (χ2n) is 5.80. The molecule has 4 atom stereocenters. The monoisotopic (exact) mass is 300 g/mol. The van der Waals surface area contributed by atoms with E-state index in [0.29, 0.717) is 22.8 Å². The van der Waals surface area contributed by atoms with Crippen LogP contribution in [0.3, 0.4) is 0 Å². The van der Waals surface area contributed by atoms with Crippen molar-refractivity contribution >= 4 is 11.2 Å². The molecule has 2 aromatic rings. The van der Waals surface area contributed by atoms with Crippen LogP contribution in [0.5, 0.6) is 0 Å². The van der Waals surface area contributed by atoms with Crippen molar-refractivity contribution in [3.8, 4) is 11.8 Å². The maximum absolute atomic E-state index is 10.1. The van der Waals surface area contributed by atoms with Crippen LogP contribution >= 0.6 is 0 Å². The third-order valence-electron chi connectivity index (χ3n) is 4.08. The number of aromatic nitrogens is 4. The summed E-state index contributed by atoms with van der Waals surface area (Å²) in [5, 5.41) is 20.0. The van der Waals surface area contributed by atoms with Crippen LogP contribution in [0.2, 0.25) is 0 Å². The summed E-state index contributed by atoms with van der Waals surface area (Å²) in [7, 11) is 0. The molecule has 1 aliphatic carbocycles. The number of aliphatic hydroxyl groups is 2. The molecule has 0 aromatic carbocycles. The first-order valence-corrected chi connectivity index (χ1v) is 7.36. The number of ether oxygens (including phenoxy) is 1. The van der Waals surface area contributed by atoms with Crippen molar-refractivity contribution in [1.29, 1.82) is 0 Å². The average molecular weight is 300 g/mol. The number of aliphatic hydroxyl groups excluding tert-OH is 2. The summed E-state index contributed by atoms with van der Waals surface area (Å²) >= 11 is 0. The minimum atomic E-state index is -1.02. The van der Waals surface area contributed by atoms with Gasteiger partial charge in [-0.2, -0.15) is 0 Å². The van der Waals surface area contributed by atoms with E-state index in [-0.39, 0.29) is 0 Å². The highest BCUT2D eigenvalue weighted by atomic mass is 16.6. The van der Waals surface area contributed by atoms with Crippen molar-refractivity contribution in [2.45, 2.75) is 44.3 Å². The summed E-state index contributed by atoms with van der Waals surface area (Å²) in [6.45, 7) is 1.72. The fraction of sp³-hybridized carbons (Fsp3) is 0.533. The number of rotatable bonds is 1. The Morgan fingerprint density at radius 3 is 2.73 bits per heavy atom. The van der Waals surface area contributed by atoms with Gasteiger partial charge in [-0.1, -0.05) is 5.92 Å². The van der Waals surface area contributed by atoms with Gasteiger partial charge < -0.3 is 14.9 Å². The van der Waals surface area contributed by atoms with Gasteiger partial charge in [0.15, 0.2) is 11.9 Å². The average Bonchev–Trinajstić information content (AvgIpc) is 3.20. The molecule has 0 bridgehead atoms. The summed E-state index contributed by atoms with van der Waals surface area (Å²) < 4.78 is 7.23. The molecule has 7 nitrogen and oxygen atoms in total. The molecule has 2 fully saturated rings. The van der Waals surface area contributed by atoms with Crippen LogP contribution in [-0.4, -0.2) is 48.0 Å². The Bertz CT molecular complexity index is 774. The van der Waals surface area contributed by atoms with Gasteiger partial charge >= 0.3 is 0 Å². The third kappa shape index (κ3) is 2.16. The van der Waals surface area contributed by atoms with Gasteiger partial charge in [0.2, 0.25) is 0 Å². The first-order chi connectivity index (χ1) is 10.6. The molecule has 2 aliphatic rings. The Labute approximate surface area is 127 Å². The summed E-state index contributed by atoms with van der Waals surface area (Å²) in [5.41, 5.74) is 1.71. The van der Waals surface area contributed by atoms with Crippen molar-refractivity contribution in [2.24, 2.45) is 5.92 Å². The highest BCUT2D eigenvalue weighted by molar-refractivity contribution is 5.76. The van der Waals surface area contributed by atoms with Gasteiger partial charge in [-0.25, -0.2) is 15.0 Å². The number of imidazole rings is 1. The van der Waals surface area contributed by atoms with Gasteiger partial charge in [-0.3, -0.25) is 4.57 Å². The van der Waals surface area contributed by atoms with Crippen molar-refractivity contribution in [2.75, 3.05) is 0 Å². The van der Waals surface area contributed by atoms with E-state index in [9.17, 15) is 10.2 Å². The Balaban J connectivity index is 1.74. The fourth-order valence-electron chi connectivity index (χ4n) is 2.59. The molecule has 0 radical (unpaired) electrons. The lowest BCUT2D eigenvalue weighted by molar-refractivity contribution is -0.0299. The zero-order valence-corrected chi connectivity index (χ0v) is 12.0. The summed E-state index contributed by atoms with van der Waals surface area (Å²) in [6.07, 6.45) is 2.14. The summed E-state index contributed by atoms with van der Waals surface area (Å²) in [5.74, 6) is 6.68. The first-order valence-electron chi connectivity index (χ1n) is 7.36. The largest absolute Gasteiger partial charge is 0.388 e. The zero-order chi connectivity index (χ0) is 15.3. The van der Waals surface area contributed by atoms with Crippen molar-refractivity contribution in [3.63, 3.8) is 0 Å². The SMILES string of the molecule is C[C@H]1O[C@@H](n2cnc3c(C#CC4CC4)ncnc32)[C@H](O)[C@@H]1O. The third-order valence-corrected chi connectivity index (χ3v) is 4.08. The van der Waals surface area contributed by atoms with Crippen LogP contribution in [0, 0.1) is 17.8 Å². The van der Waals surface area contributed by atoms with E-state index in [1.54, 1.807) is 17.8 Å². The molecule has 0 spiro atoms. The van der Waals surface area contributed by atoms with E-state index < -0.39 is 24.5 Å². The molecule has 0 unspecified atom stereocenters. The van der Waals surface area contributed by atoms with Gasteiger partial charge in [-0.15, -0.1) is 0 Å². The topological polar surface area (TPSA) is 93.3 Å². The smallest absolute Gasteiger partial charge is 0.166 e. The number of hydrogen-bond acceptors (Lipinski definition) is 6. The van der Waals surface area contributed by atoms with Crippen LogP contribution < -0.4 is 0 Å². The second kappa shape index (κ2) is 5.02. The van der Waals surface area contributed by atoms with E-state index >= 15 is 0 Å². The van der Waals surface area contributed by atoms with E-state index in [1.165, 1.54) is 6.33 Å². The van der Waals surface area contributed by atoms with Crippen molar-refractivity contribution < 1.29 is 14.9 Å². The van der Waals surface area contributed by atoms with Gasteiger partial charge in [0.05, 0.1) is 12.4 Å². The minimum absolute atomic E-state index is 0.451. The molecule has 1 saturated heterocycles. The van der Waals surface area contributed by atoms with Crippen LogP contribution in [0.1, 0.15) is 31.7 Å². The lowest BCUT2D eigenvalue weighted by Gasteiger charge is -2.16. The van der Waals surface area contributed by atoms with E-state index in [1.807, 2.05) is 0 Å². The van der Waals surface area contributed by atoms with Gasteiger partial charge in [0.25, 0.3) is 0 Å². The molecule has 1 aliphatic heterocycles. The van der Waals surface area contributed by atoms with Gasteiger partial charge in [0, 0.05) is 5.92 Å². The molecule has 0 amide bonds. The Kier molecular flexibility index (Phi) is 3.11. The van der Waals surface area contributed by atoms with Crippen molar-refractivity contribution in [3.05, 3.63) is 18.3 Å². The highest BCUT2D eigenvalue weighted by Crippen LogP contribution is 2.31.